The number of halogens is 1. The fraction of sp³-hybridized carbons (Fsp3) is 0.0417. The molecule has 0 atom stereocenters. The minimum atomic E-state index is -0.955. The number of thioether (sulfide) groups is 1. The molecule has 0 aromatic heterocycles. The predicted octanol–water partition coefficient (Wildman–Crippen LogP) is 5.97. The molecule has 1 amide bonds. The minimum Gasteiger partial charge on any atom is -0.489 e. The van der Waals surface area contributed by atoms with Crippen molar-refractivity contribution in [2.24, 2.45) is 0 Å². The third kappa shape index (κ3) is 5.20. The maximum atomic E-state index is 12.9. The van der Waals surface area contributed by atoms with Crippen molar-refractivity contribution in [2.45, 2.75) is 6.61 Å². The summed E-state index contributed by atoms with van der Waals surface area (Å²) in [6, 6.07) is 21.6. The fourth-order valence-electron chi connectivity index (χ4n) is 3.00. The number of hydrogen-bond acceptors (Lipinski definition) is 5. The van der Waals surface area contributed by atoms with Crippen molar-refractivity contribution in [2.75, 3.05) is 4.90 Å². The molecule has 1 aliphatic heterocycles. The summed E-state index contributed by atoms with van der Waals surface area (Å²) in [7, 11) is 0. The van der Waals surface area contributed by atoms with Gasteiger partial charge in [-0.15, -0.1) is 0 Å². The average Bonchev–Trinajstić information content (AvgIpc) is 3.07. The highest BCUT2D eigenvalue weighted by Gasteiger charge is 2.33. The van der Waals surface area contributed by atoms with Crippen LogP contribution in [0.5, 0.6) is 5.75 Å². The van der Waals surface area contributed by atoms with Crippen LogP contribution in [0.3, 0.4) is 0 Å². The third-order valence-electron chi connectivity index (χ3n) is 4.66. The first-order valence-corrected chi connectivity index (χ1v) is 11.8. The third-order valence-corrected chi connectivity index (χ3v) is 6.68. The van der Waals surface area contributed by atoms with Gasteiger partial charge in [0.2, 0.25) is 0 Å². The molecular formula is C24H16INO4S2. The number of rotatable bonds is 6. The zero-order valence-corrected chi connectivity index (χ0v) is 20.3. The maximum absolute atomic E-state index is 12.9. The van der Waals surface area contributed by atoms with Crippen molar-refractivity contribution in [1.82, 2.24) is 0 Å². The van der Waals surface area contributed by atoms with Gasteiger partial charge in [-0.3, -0.25) is 9.69 Å². The highest BCUT2D eigenvalue weighted by atomic mass is 127. The molecule has 160 valence electrons. The van der Waals surface area contributed by atoms with Gasteiger partial charge in [0, 0.05) is 3.57 Å². The lowest BCUT2D eigenvalue weighted by atomic mass is 10.1. The smallest absolute Gasteiger partial charge is 0.335 e. The highest BCUT2D eigenvalue weighted by molar-refractivity contribution is 14.1. The first kappa shape index (κ1) is 22.5. The van der Waals surface area contributed by atoms with E-state index in [1.165, 1.54) is 11.8 Å². The van der Waals surface area contributed by atoms with Crippen LogP contribution < -0.4 is 9.64 Å². The lowest BCUT2D eigenvalue weighted by molar-refractivity contribution is -0.113. The molecule has 8 heteroatoms. The SMILES string of the molecule is O=C(O)c1ccc(COc2ccc(/C=C3\SC(=S)N(c4ccc(I)cc4)C3=O)cc2)cc1. The van der Waals surface area contributed by atoms with Gasteiger partial charge < -0.3 is 9.84 Å². The van der Waals surface area contributed by atoms with Crippen molar-refractivity contribution in [3.8, 4) is 5.75 Å². The highest BCUT2D eigenvalue weighted by Crippen LogP contribution is 2.36. The van der Waals surface area contributed by atoms with Crippen LogP contribution in [-0.2, 0) is 11.4 Å². The van der Waals surface area contributed by atoms with Crippen molar-refractivity contribution in [1.29, 1.82) is 0 Å². The predicted molar refractivity (Wildman–Crippen MR) is 139 cm³/mol. The molecule has 0 spiro atoms. The monoisotopic (exact) mass is 573 g/mol. The summed E-state index contributed by atoms with van der Waals surface area (Å²) in [5.74, 6) is -0.411. The quantitative estimate of drug-likeness (QED) is 0.223. The second-order valence-corrected chi connectivity index (χ2v) is 9.77. The lowest BCUT2D eigenvalue weighted by Crippen LogP contribution is -2.27. The van der Waals surface area contributed by atoms with Crippen molar-refractivity contribution >= 4 is 74.5 Å². The van der Waals surface area contributed by atoms with Crippen LogP contribution in [0, 0.1) is 3.57 Å². The Morgan fingerprint density at radius 3 is 2.31 bits per heavy atom. The number of carboxylic acids is 1. The Hall–Kier alpha value is -2.69. The normalized spacial score (nSPS) is 14.8. The van der Waals surface area contributed by atoms with Crippen molar-refractivity contribution in [3.63, 3.8) is 0 Å². The molecule has 0 radical (unpaired) electrons. The number of nitrogens with zero attached hydrogens (tertiary/aromatic N) is 1. The number of hydrogen-bond donors (Lipinski definition) is 1. The van der Waals surface area contributed by atoms with Crippen LogP contribution in [0.25, 0.3) is 6.08 Å². The summed E-state index contributed by atoms with van der Waals surface area (Å²) in [5.41, 5.74) is 2.74. The van der Waals surface area contributed by atoms with Gasteiger partial charge in [-0.2, -0.15) is 0 Å². The number of benzene rings is 3. The van der Waals surface area contributed by atoms with E-state index >= 15 is 0 Å². The molecule has 0 saturated carbocycles. The van der Waals surface area contributed by atoms with Gasteiger partial charge in [0.1, 0.15) is 12.4 Å². The lowest BCUT2D eigenvalue weighted by Gasteiger charge is -2.14. The first-order valence-electron chi connectivity index (χ1n) is 9.49. The van der Waals surface area contributed by atoms with Crippen molar-refractivity contribution < 1.29 is 19.4 Å². The van der Waals surface area contributed by atoms with Gasteiger partial charge >= 0.3 is 5.97 Å². The number of ether oxygens (including phenoxy) is 1. The van der Waals surface area contributed by atoms with Crippen LogP contribution in [-0.4, -0.2) is 21.3 Å². The zero-order valence-electron chi connectivity index (χ0n) is 16.5. The largest absolute Gasteiger partial charge is 0.489 e. The molecular weight excluding hydrogens is 557 g/mol. The minimum absolute atomic E-state index is 0.133. The van der Waals surface area contributed by atoms with E-state index < -0.39 is 5.97 Å². The number of thiocarbonyl (C=S) groups is 1. The van der Waals surface area contributed by atoms with E-state index in [4.69, 9.17) is 22.1 Å². The first-order chi connectivity index (χ1) is 15.4. The Kier molecular flexibility index (Phi) is 6.92. The summed E-state index contributed by atoms with van der Waals surface area (Å²) in [5, 5.41) is 8.96. The molecule has 4 rings (SSSR count). The number of amides is 1. The summed E-state index contributed by atoms with van der Waals surface area (Å²) in [6.07, 6.45) is 1.82. The molecule has 1 fully saturated rings. The number of anilines is 1. The molecule has 1 aliphatic rings. The molecule has 3 aromatic rings. The standard InChI is InChI=1S/C24H16INO4S2/c25-18-7-9-19(10-8-18)26-22(27)21(32-24(26)31)13-15-3-11-20(12-4-15)30-14-16-1-5-17(6-2-16)23(28)29/h1-13H,14H2,(H,28,29)/b21-13-. The van der Waals surface area contributed by atoms with Crippen LogP contribution in [0.2, 0.25) is 0 Å². The van der Waals surface area contributed by atoms with E-state index in [1.807, 2.05) is 54.6 Å². The molecule has 0 bridgehead atoms. The van der Waals surface area contributed by atoms with Crippen LogP contribution >= 0.6 is 46.6 Å². The number of carboxylic acid groups (broad SMARTS) is 1. The number of carbonyl (C=O) groups excluding carboxylic acids is 1. The number of aromatic carboxylic acids is 1. The molecule has 5 nitrogen and oxygen atoms in total. The second-order valence-electron chi connectivity index (χ2n) is 6.85. The van der Waals surface area contributed by atoms with Crippen LogP contribution in [0.1, 0.15) is 21.5 Å². The Morgan fingerprint density at radius 1 is 1.03 bits per heavy atom. The topological polar surface area (TPSA) is 66.8 Å². The van der Waals surface area contributed by atoms with Gasteiger partial charge in [-0.25, -0.2) is 4.79 Å². The Bertz CT molecular complexity index is 1210. The van der Waals surface area contributed by atoms with E-state index in [0.29, 0.717) is 21.6 Å². The van der Waals surface area contributed by atoms with Crippen molar-refractivity contribution in [3.05, 3.63) is 98.0 Å². The number of carbonyl (C=O) groups is 2. The summed E-state index contributed by atoms with van der Waals surface area (Å²) >= 11 is 8.93. The Balaban J connectivity index is 1.41. The van der Waals surface area contributed by atoms with Gasteiger partial charge in [-0.05, 0) is 88.3 Å². The average molecular weight is 573 g/mol. The molecule has 1 N–H and O–H groups in total. The molecule has 0 unspecified atom stereocenters. The van der Waals surface area contributed by atoms with Crippen LogP contribution in [0.15, 0.2) is 77.7 Å². The Morgan fingerprint density at radius 2 is 1.69 bits per heavy atom. The molecule has 3 aromatic carbocycles. The van der Waals surface area contributed by atoms with Gasteiger partial charge in [0.15, 0.2) is 4.32 Å². The maximum Gasteiger partial charge on any atom is 0.335 e. The summed E-state index contributed by atoms with van der Waals surface area (Å²) in [4.78, 5) is 25.9. The van der Waals surface area contributed by atoms with E-state index in [1.54, 1.807) is 29.2 Å². The molecule has 0 aliphatic carbocycles. The Labute approximate surface area is 208 Å². The van der Waals surface area contributed by atoms with E-state index in [0.717, 1.165) is 20.4 Å². The second kappa shape index (κ2) is 9.85. The van der Waals surface area contributed by atoms with E-state index in [2.05, 4.69) is 22.6 Å². The van der Waals surface area contributed by atoms with Crippen LogP contribution in [0.4, 0.5) is 5.69 Å². The molecule has 1 heterocycles. The van der Waals surface area contributed by atoms with E-state index in [9.17, 15) is 9.59 Å². The van der Waals surface area contributed by atoms with Gasteiger partial charge in [0.05, 0.1) is 16.2 Å². The molecule has 32 heavy (non-hydrogen) atoms. The fourth-order valence-corrected chi connectivity index (χ4v) is 4.66. The van der Waals surface area contributed by atoms with Gasteiger partial charge in [-0.1, -0.05) is 48.2 Å². The van der Waals surface area contributed by atoms with Gasteiger partial charge in [0.25, 0.3) is 5.91 Å². The molecule has 1 saturated heterocycles. The summed E-state index contributed by atoms with van der Waals surface area (Å²) in [6.45, 7) is 0.327. The zero-order chi connectivity index (χ0) is 22.7. The van der Waals surface area contributed by atoms with E-state index in [-0.39, 0.29) is 11.5 Å². The summed E-state index contributed by atoms with van der Waals surface area (Å²) < 4.78 is 7.37.